The molecule has 0 aromatic carbocycles. The van der Waals surface area contributed by atoms with Crippen molar-refractivity contribution < 1.29 is 13.2 Å². The van der Waals surface area contributed by atoms with E-state index in [2.05, 4.69) is 14.9 Å². The van der Waals surface area contributed by atoms with E-state index in [0.29, 0.717) is 37.6 Å². The smallest absolute Gasteiger partial charge is 0.242 e. The zero-order valence-corrected chi connectivity index (χ0v) is 17.4. The minimum atomic E-state index is -3.42. The number of amides is 1. The predicted octanol–water partition coefficient (Wildman–Crippen LogP) is 1.08. The fourth-order valence-electron chi connectivity index (χ4n) is 4.06. The fourth-order valence-corrected chi connectivity index (χ4v) is 4.90. The van der Waals surface area contributed by atoms with Crippen molar-refractivity contribution in [1.29, 1.82) is 0 Å². The van der Waals surface area contributed by atoms with Crippen LogP contribution in [0.2, 0.25) is 0 Å². The molecule has 0 saturated carbocycles. The van der Waals surface area contributed by atoms with Crippen LogP contribution in [0.15, 0.2) is 29.8 Å². The van der Waals surface area contributed by atoms with Crippen LogP contribution in [0.4, 0.5) is 5.95 Å². The van der Waals surface area contributed by atoms with Crippen molar-refractivity contribution in [1.82, 2.24) is 24.4 Å². The Morgan fingerprint density at radius 2 is 1.90 bits per heavy atom. The third-order valence-electron chi connectivity index (χ3n) is 5.67. The molecule has 2 aliphatic rings. The molecule has 0 N–H and O–H groups in total. The molecule has 0 radical (unpaired) electrons. The van der Waals surface area contributed by atoms with Gasteiger partial charge in [-0.05, 0) is 25.7 Å². The number of rotatable bonds is 5. The van der Waals surface area contributed by atoms with Crippen LogP contribution in [-0.4, -0.2) is 71.2 Å². The van der Waals surface area contributed by atoms with Crippen LogP contribution in [-0.2, 0) is 21.2 Å². The van der Waals surface area contributed by atoms with Crippen LogP contribution in [0.1, 0.15) is 37.3 Å². The van der Waals surface area contributed by atoms with Gasteiger partial charge in [-0.25, -0.2) is 23.4 Å². The summed E-state index contributed by atoms with van der Waals surface area (Å²) < 4.78 is 26.4. The average Bonchev–Trinajstić information content (AvgIpc) is 3.41. The maximum atomic E-state index is 12.5. The van der Waals surface area contributed by atoms with Gasteiger partial charge in [0.15, 0.2) is 9.84 Å². The maximum absolute atomic E-state index is 12.5. The molecular formula is C19H26N6O3S. The molecule has 0 spiro atoms. The molecule has 29 heavy (non-hydrogen) atoms. The van der Waals surface area contributed by atoms with E-state index in [-0.39, 0.29) is 23.3 Å². The number of nitrogens with zero attached hydrogens (tertiary/aromatic N) is 6. The number of hydrogen-bond donors (Lipinski definition) is 0. The van der Waals surface area contributed by atoms with Crippen molar-refractivity contribution in [2.75, 3.05) is 37.3 Å². The van der Waals surface area contributed by atoms with E-state index in [1.807, 2.05) is 4.90 Å². The topological polar surface area (TPSA) is 101 Å². The summed E-state index contributed by atoms with van der Waals surface area (Å²) in [7, 11) is -3.42. The standard InChI is InChI=1S/C19H26N6O3S/c1-29(27,28)16-12-21-19(25-7-2-3-8-25)22-18(16)15-4-9-24(10-5-15)17(26)13-23-11-6-20-14-23/h6,11-12,14-15H,2-5,7-10,13H2,1H3. The Hall–Kier alpha value is -2.49. The van der Waals surface area contributed by atoms with Crippen LogP contribution in [0.5, 0.6) is 0 Å². The van der Waals surface area contributed by atoms with E-state index < -0.39 is 9.84 Å². The van der Waals surface area contributed by atoms with E-state index >= 15 is 0 Å². The number of carbonyl (C=O) groups is 1. The number of aromatic nitrogens is 4. The number of imidazole rings is 1. The Morgan fingerprint density at radius 1 is 1.17 bits per heavy atom. The molecule has 2 saturated heterocycles. The molecule has 0 aliphatic carbocycles. The van der Waals surface area contributed by atoms with Gasteiger partial charge in [0.25, 0.3) is 0 Å². The van der Waals surface area contributed by atoms with E-state index in [9.17, 15) is 13.2 Å². The first-order chi connectivity index (χ1) is 13.9. The van der Waals surface area contributed by atoms with Crippen LogP contribution in [0.3, 0.4) is 0 Å². The third kappa shape index (κ3) is 4.42. The summed E-state index contributed by atoms with van der Waals surface area (Å²) in [5.74, 6) is 0.662. The summed E-state index contributed by atoms with van der Waals surface area (Å²) in [6, 6.07) is 0. The molecule has 0 unspecified atom stereocenters. The normalized spacial score (nSPS) is 18.4. The number of likely N-dealkylation sites (tertiary alicyclic amines) is 1. The minimum Gasteiger partial charge on any atom is -0.341 e. The number of anilines is 1. The lowest BCUT2D eigenvalue weighted by atomic mass is 9.93. The second kappa shape index (κ2) is 8.10. The lowest BCUT2D eigenvalue weighted by Crippen LogP contribution is -2.40. The van der Waals surface area contributed by atoms with E-state index in [0.717, 1.165) is 25.9 Å². The highest BCUT2D eigenvalue weighted by Gasteiger charge is 2.30. The molecule has 1 amide bonds. The van der Waals surface area contributed by atoms with Gasteiger partial charge in [-0.3, -0.25) is 4.79 Å². The molecule has 2 aromatic rings. The summed E-state index contributed by atoms with van der Waals surface area (Å²) in [6.45, 7) is 3.25. The van der Waals surface area contributed by atoms with Gasteiger partial charge in [0.05, 0.1) is 18.2 Å². The Balaban J connectivity index is 1.50. The van der Waals surface area contributed by atoms with Crippen molar-refractivity contribution in [2.24, 2.45) is 0 Å². The van der Waals surface area contributed by atoms with Crippen molar-refractivity contribution in [3.05, 3.63) is 30.6 Å². The van der Waals surface area contributed by atoms with Crippen LogP contribution < -0.4 is 4.90 Å². The van der Waals surface area contributed by atoms with Crippen molar-refractivity contribution in [3.8, 4) is 0 Å². The molecule has 4 rings (SSSR count). The van der Waals surface area contributed by atoms with Gasteiger partial charge >= 0.3 is 0 Å². The van der Waals surface area contributed by atoms with E-state index in [1.165, 1.54) is 12.5 Å². The average molecular weight is 419 g/mol. The SMILES string of the molecule is CS(=O)(=O)c1cnc(N2CCCC2)nc1C1CCN(C(=O)Cn2ccnc2)CC1. The second-order valence-corrected chi connectivity index (χ2v) is 9.76. The lowest BCUT2D eigenvalue weighted by molar-refractivity contribution is -0.132. The predicted molar refractivity (Wildman–Crippen MR) is 107 cm³/mol. The third-order valence-corrected chi connectivity index (χ3v) is 6.78. The summed E-state index contributed by atoms with van der Waals surface area (Å²) in [6.07, 6.45) is 11.3. The van der Waals surface area contributed by atoms with Gasteiger partial charge in [0, 0.05) is 50.7 Å². The van der Waals surface area contributed by atoms with Gasteiger partial charge in [-0.15, -0.1) is 0 Å². The van der Waals surface area contributed by atoms with Gasteiger partial charge in [-0.2, -0.15) is 0 Å². The van der Waals surface area contributed by atoms with Gasteiger partial charge < -0.3 is 14.4 Å². The molecule has 2 aromatic heterocycles. The second-order valence-electron chi connectivity index (χ2n) is 7.78. The molecular weight excluding hydrogens is 392 g/mol. The maximum Gasteiger partial charge on any atom is 0.242 e. The molecule has 9 nitrogen and oxygen atoms in total. The van der Waals surface area contributed by atoms with E-state index in [1.54, 1.807) is 23.3 Å². The van der Waals surface area contributed by atoms with Crippen molar-refractivity contribution in [2.45, 2.75) is 43.0 Å². The molecule has 4 heterocycles. The Kier molecular flexibility index (Phi) is 5.53. The molecule has 2 fully saturated rings. The number of hydrogen-bond acceptors (Lipinski definition) is 7. The molecule has 156 valence electrons. The van der Waals surface area contributed by atoms with Crippen LogP contribution in [0.25, 0.3) is 0 Å². The lowest BCUT2D eigenvalue weighted by Gasteiger charge is -2.32. The van der Waals surface area contributed by atoms with Gasteiger partial charge in [0.1, 0.15) is 11.4 Å². The highest BCUT2D eigenvalue weighted by molar-refractivity contribution is 7.90. The zero-order valence-electron chi connectivity index (χ0n) is 16.6. The molecule has 0 bridgehead atoms. The number of sulfone groups is 1. The molecule has 10 heteroatoms. The Bertz CT molecular complexity index is 962. The first-order valence-electron chi connectivity index (χ1n) is 9.97. The highest BCUT2D eigenvalue weighted by Crippen LogP contribution is 2.32. The fraction of sp³-hybridized carbons (Fsp3) is 0.579. The van der Waals surface area contributed by atoms with E-state index in [4.69, 9.17) is 4.98 Å². The summed E-state index contributed by atoms with van der Waals surface area (Å²) >= 11 is 0. The van der Waals surface area contributed by atoms with Gasteiger partial charge in [-0.1, -0.05) is 0 Å². The zero-order chi connectivity index (χ0) is 20.4. The quantitative estimate of drug-likeness (QED) is 0.716. The minimum absolute atomic E-state index is 0.00127. The van der Waals surface area contributed by atoms with Crippen molar-refractivity contribution in [3.63, 3.8) is 0 Å². The van der Waals surface area contributed by atoms with Crippen molar-refractivity contribution >= 4 is 21.7 Å². The van der Waals surface area contributed by atoms with Gasteiger partial charge in [0.2, 0.25) is 11.9 Å². The monoisotopic (exact) mass is 418 g/mol. The highest BCUT2D eigenvalue weighted by atomic mass is 32.2. The first kappa shape index (κ1) is 19.8. The largest absolute Gasteiger partial charge is 0.341 e. The summed E-state index contributed by atoms with van der Waals surface area (Å²) in [5, 5.41) is 0. The summed E-state index contributed by atoms with van der Waals surface area (Å²) in [5.41, 5.74) is 0.603. The Labute approximate surface area is 170 Å². The molecule has 2 aliphatic heterocycles. The number of carbonyl (C=O) groups excluding carboxylic acids is 1. The Morgan fingerprint density at radius 3 is 2.52 bits per heavy atom. The van der Waals surface area contributed by atoms with Crippen LogP contribution >= 0.6 is 0 Å². The summed E-state index contributed by atoms with van der Waals surface area (Å²) in [4.78, 5) is 29.7. The first-order valence-corrected chi connectivity index (χ1v) is 11.9. The number of piperidine rings is 1. The van der Waals surface area contributed by atoms with Crippen LogP contribution in [0, 0.1) is 0 Å². The molecule has 0 atom stereocenters.